The monoisotopic (exact) mass is 408 g/mol. The van der Waals surface area contributed by atoms with Crippen LogP contribution in [-0.2, 0) is 25.7 Å². The molecule has 1 saturated carbocycles. The van der Waals surface area contributed by atoms with Crippen LogP contribution in [0.25, 0.3) is 22.4 Å². The van der Waals surface area contributed by atoms with E-state index >= 15 is 0 Å². The van der Waals surface area contributed by atoms with Crippen LogP contribution >= 0.6 is 0 Å². The van der Waals surface area contributed by atoms with Crippen molar-refractivity contribution in [2.24, 2.45) is 11.7 Å². The summed E-state index contributed by atoms with van der Waals surface area (Å²) in [5, 5.41) is 0.851. The molecule has 1 amide bonds. The fourth-order valence-corrected chi connectivity index (χ4v) is 4.09. The van der Waals surface area contributed by atoms with Gasteiger partial charge in [0.25, 0.3) is 0 Å². The number of primary amides is 1. The molecule has 4 rings (SSSR count). The number of methoxy groups -OCH3 is 1. The molecule has 30 heavy (non-hydrogen) atoms. The van der Waals surface area contributed by atoms with E-state index in [4.69, 9.17) is 20.4 Å². The van der Waals surface area contributed by atoms with E-state index in [0.717, 1.165) is 41.6 Å². The number of ether oxygens (including phenoxy) is 2. The van der Waals surface area contributed by atoms with Gasteiger partial charge in [-0.15, -0.1) is 0 Å². The van der Waals surface area contributed by atoms with Crippen LogP contribution in [0.1, 0.15) is 36.6 Å². The Morgan fingerprint density at radius 2 is 2.00 bits per heavy atom. The molecule has 0 radical (unpaired) electrons. The molecule has 1 unspecified atom stereocenters. The zero-order valence-electron chi connectivity index (χ0n) is 16.8. The number of hydrogen-bond donors (Lipinski definition) is 2. The highest BCUT2D eigenvalue weighted by Gasteiger charge is 2.35. The molecule has 8 heteroatoms. The predicted molar refractivity (Wildman–Crippen MR) is 110 cm³/mol. The maximum atomic E-state index is 12.0. The van der Waals surface area contributed by atoms with Crippen molar-refractivity contribution in [2.75, 3.05) is 13.7 Å². The second kappa shape index (κ2) is 8.62. The number of hydrogen-bond acceptors (Lipinski definition) is 6. The number of nitrogens with two attached hydrogens (primary N) is 1. The second-order valence-corrected chi connectivity index (χ2v) is 7.47. The average molecular weight is 408 g/mol. The molecule has 0 bridgehead atoms. The molecular formula is C22H24N4O4. The Hall–Kier alpha value is -3.26. The van der Waals surface area contributed by atoms with Gasteiger partial charge in [0.05, 0.1) is 19.4 Å². The van der Waals surface area contributed by atoms with Crippen LogP contribution in [0.15, 0.2) is 36.4 Å². The average Bonchev–Trinajstić information content (AvgIpc) is 3.40. The summed E-state index contributed by atoms with van der Waals surface area (Å²) in [5.74, 6) is -0.413. The van der Waals surface area contributed by atoms with E-state index in [0.29, 0.717) is 11.5 Å². The largest absolute Gasteiger partial charge is 0.467 e. The molecule has 0 spiro atoms. The highest BCUT2D eigenvalue weighted by Crippen LogP contribution is 2.41. The summed E-state index contributed by atoms with van der Waals surface area (Å²) < 4.78 is 10.0. The summed E-state index contributed by atoms with van der Waals surface area (Å²) in [4.78, 5) is 36.1. The van der Waals surface area contributed by atoms with E-state index in [1.165, 1.54) is 7.11 Å². The Balaban J connectivity index is 1.74. The number of aromatic nitrogens is 3. The van der Waals surface area contributed by atoms with Crippen LogP contribution in [0.4, 0.5) is 0 Å². The molecule has 3 N–H and O–H groups in total. The van der Waals surface area contributed by atoms with Crippen molar-refractivity contribution in [1.82, 2.24) is 15.0 Å². The Labute approximate surface area is 173 Å². The number of amides is 1. The lowest BCUT2D eigenvalue weighted by Gasteiger charge is -2.17. The van der Waals surface area contributed by atoms with Gasteiger partial charge in [0, 0.05) is 28.5 Å². The zero-order chi connectivity index (χ0) is 21.1. The number of esters is 1. The van der Waals surface area contributed by atoms with E-state index in [1.54, 1.807) is 0 Å². The first-order valence-electron chi connectivity index (χ1n) is 9.95. The van der Waals surface area contributed by atoms with E-state index in [1.807, 2.05) is 36.4 Å². The van der Waals surface area contributed by atoms with Crippen LogP contribution < -0.4 is 5.73 Å². The molecule has 2 heterocycles. The van der Waals surface area contributed by atoms with Gasteiger partial charge < -0.3 is 20.2 Å². The number of H-pyrrole nitrogens is 1. The van der Waals surface area contributed by atoms with Gasteiger partial charge in [-0.1, -0.05) is 36.8 Å². The summed E-state index contributed by atoms with van der Waals surface area (Å²) in [6.45, 7) is 0.0710. The number of nitrogens with one attached hydrogen (secondary N) is 1. The highest BCUT2D eigenvalue weighted by molar-refractivity contribution is 5.84. The third kappa shape index (κ3) is 4.04. The summed E-state index contributed by atoms with van der Waals surface area (Å²) in [5.41, 5.74) is 8.84. The quantitative estimate of drug-likeness (QED) is 0.580. The number of rotatable bonds is 7. The Kier molecular flexibility index (Phi) is 5.76. The van der Waals surface area contributed by atoms with Gasteiger partial charge in [-0.05, 0) is 18.9 Å². The normalized spacial score (nSPS) is 18.6. The van der Waals surface area contributed by atoms with E-state index in [-0.39, 0.29) is 31.0 Å². The van der Waals surface area contributed by atoms with Crippen molar-refractivity contribution < 1.29 is 19.1 Å². The molecule has 1 aliphatic carbocycles. The van der Waals surface area contributed by atoms with E-state index < -0.39 is 5.97 Å². The van der Waals surface area contributed by atoms with Crippen LogP contribution in [0.2, 0.25) is 0 Å². The molecule has 3 aromatic rings. The summed E-state index contributed by atoms with van der Waals surface area (Å²) >= 11 is 0. The lowest BCUT2D eigenvalue weighted by atomic mass is 9.90. The van der Waals surface area contributed by atoms with Crippen molar-refractivity contribution in [3.8, 4) is 11.4 Å². The van der Waals surface area contributed by atoms with Gasteiger partial charge in [-0.3, -0.25) is 4.79 Å². The zero-order valence-corrected chi connectivity index (χ0v) is 16.8. The fraction of sp³-hybridized carbons (Fsp3) is 0.364. The molecule has 8 nitrogen and oxygen atoms in total. The minimum absolute atomic E-state index is 0.0462. The molecule has 2 atom stereocenters. The Morgan fingerprint density at radius 3 is 2.73 bits per heavy atom. The van der Waals surface area contributed by atoms with Gasteiger partial charge in [0.1, 0.15) is 12.3 Å². The standard InChI is InChI=1S/C22H24N4O4/c1-29-18(27)12-30-11-14-10-17-19(15-8-5-9-16(15)20(23)28)25-21(26-22(17)24-14)13-6-3-2-4-7-13/h2-4,6-7,10,15-16H,5,8-9,11-12H2,1H3,(H2,23,28)(H,24,25,26)/t15?,16-/m1/s1. The SMILES string of the molecule is COC(=O)COCc1cc2c(C3CCC[C@H]3C(N)=O)nc(-c3ccccc3)nc2[nH]1. The Bertz CT molecular complexity index is 1060. The Morgan fingerprint density at radius 1 is 1.20 bits per heavy atom. The molecule has 0 aliphatic heterocycles. The van der Waals surface area contributed by atoms with Crippen molar-refractivity contribution in [2.45, 2.75) is 31.8 Å². The number of carbonyl (C=O) groups excluding carboxylic acids is 2. The van der Waals surface area contributed by atoms with E-state index in [2.05, 4.69) is 9.72 Å². The summed E-state index contributed by atoms with van der Waals surface area (Å²) in [7, 11) is 1.32. The van der Waals surface area contributed by atoms with Crippen molar-refractivity contribution >= 4 is 22.9 Å². The third-order valence-corrected chi connectivity index (χ3v) is 5.54. The minimum atomic E-state index is -0.437. The van der Waals surface area contributed by atoms with Crippen LogP contribution in [0, 0.1) is 5.92 Å². The van der Waals surface area contributed by atoms with Crippen molar-refractivity contribution in [3.05, 3.63) is 47.8 Å². The number of carbonyl (C=O) groups is 2. The highest BCUT2D eigenvalue weighted by atomic mass is 16.6. The van der Waals surface area contributed by atoms with Crippen molar-refractivity contribution in [3.63, 3.8) is 0 Å². The third-order valence-electron chi connectivity index (χ3n) is 5.54. The number of aromatic amines is 1. The number of nitrogens with zero attached hydrogens (tertiary/aromatic N) is 2. The van der Waals surface area contributed by atoms with Gasteiger partial charge in [0.15, 0.2) is 5.82 Å². The summed E-state index contributed by atoms with van der Waals surface area (Å²) in [6, 6.07) is 11.6. The smallest absolute Gasteiger partial charge is 0.331 e. The molecular weight excluding hydrogens is 384 g/mol. The van der Waals surface area contributed by atoms with Gasteiger partial charge in [0.2, 0.25) is 5.91 Å². The first-order chi connectivity index (χ1) is 14.6. The van der Waals surface area contributed by atoms with Gasteiger partial charge in [-0.25, -0.2) is 14.8 Å². The minimum Gasteiger partial charge on any atom is -0.467 e. The molecule has 1 aliphatic rings. The predicted octanol–water partition coefficient (Wildman–Crippen LogP) is 2.68. The lowest BCUT2D eigenvalue weighted by Crippen LogP contribution is -2.25. The van der Waals surface area contributed by atoms with Gasteiger partial charge in [-0.2, -0.15) is 0 Å². The number of benzene rings is 1. The van der Waals surface area contributed by atoms with Crippen LogP contribution in [0.3, 0.4) is 0 Å². The van der Waals surface area contributed by atoms with Gasteiger partial charge >= 0.3 is 5.97 Å². The van der Waals surface area contributed by atoms with E-state index in [9.17, 15) is 9.59 Å². The second-order valence-electron chi connectivity index (χ2n) is 7.47. The molecule has 0 saturated heterocycles. The number of fused-ring (bicyclic) bond motifs is 1. The fourth-order valence-electron chi connectivity index (χ4n) is 4.09. The lowest BCUT2D eigenvalue weighted by molar-refractivity contribution is -0.146. The topological polar surface area (TPSA) is 120 Å². The maximum absolute atomic E-state index is 12.0. The first-order valence-corrected chi connectivity index (χ1v) is 9.95. The maximum Gasteiger partial charge on any atom is 0.331 e. The molecule has 2 aromatic heterocycles. The van der Waals surface area contributed by atoms with Crippen LogP contribution in [-0.4, -0.2) is 40.5 Å². The molecule has 1 aromatic carbocycles. The van der Waals surface area contributed by atoms with Crippen molar-refractivity contribution in [1.29, 1.82) is 0 Å². The van der Waals surface area contributed by atoms with Crippen LogP contribution in [0.5, 0.6) is 0 Å². The summed E-state index contributed by atoms with van der Waals surface area (Å²) in [6.07, 6.45) is 2.56. The molecule has 1 fully saturated rings. The first kappa shape index (κ1) is 20.0. The molecule has 156 valence electrons.